The maximum Gasteiger partial charge on any atom is 0.257 e. The Morgan fingerprint density at radius 3 is 2.52 bits per heavy atom. The zero-order valence-corrected chi connectivity index (χ0v) is 16.6. The highest BCUT2D eigenvalue weighted by atomic mass is 19.1. The third-order valence-electron chi connectivity index (χ3n) is 4.43. The lowest BCUT2D eigenvalue weighted by atomic mass is 10.1. The summed E-state index contributed by atoms with van der Waals surface area (Å²) in [5.41, 5.74) is 2.68. The van der Waals surface area contributed by atoms with Crippen LogP contribution in [0.4, 0.5) is 10.1 Å². The van der Waals surface area contributed by atoms with E-state index < -0.39 is 0 Å². The summed E-state index contributed by atoms with van der Waals surface area (Å²) < 4.78 is 24.1. The van der Waals surface area contributed by atoms with Crippen molar-refractivity contribution in [2.75, 3.05) is 12.4 Å². The largest absolute Gasteiger partial charge is 0.457 e. The van der Waals surface area contributed by atoms with Crippen LogP contribution in [0.2, 0.25) is 0 Å². The number of methoxy groups -OCH3 is 1. The van der Waals surface area contributed by atoms with Crippen LogP contribution >= 0.6 is 0 Å². The predicted octanol–water partition coefficient (Wildman–Crippen LogP) is 5.15. The molecule has 0 radical (unpaired) electrons. The van der Waals surface area contributed by atoms with E-state index in [0.717, 1.165) is 5.69 Å². The predicted molar refractivity (Wildman–Crippen MR) is 110 cm³/mol. The van der Waals surface area contributed by atoms with E-state index in [4.69, 9.17) is 9.47 Å². The molecule has 29 heavy (non-hydrogen) atoms. The summed E-state index contributed by atoms with van der Waals surface area (Å²) in [4.78, 5) is 17.1. The molecule has 0 aliphatic rings. The second-order valence-electron chi connectivity index (χ2n) is 6.72. The first kappa shape index (κ1) is 20.5. The first-order valence-electron chi connectivity index (χ1n) is 9.29. The van der Waals surface area contributed by atoms with Gasteiger partial charge in [-0.25, -0.2) is 4.39 Å². The monoisotopic (exact) mass is 394 g/mol. The Morgan fingerprint density at radius 2 is 1.86 bits per heavy atom. The molecule has 0 saturated heterocycles. The molecule has 1 unspecified atom stereocenters. The van der Waals surface area contributed by atoms with Crippen LogP contribution in [0, 0.1) is 12.7 Å². The van der Waals surface area contributed by atoms with E-state index in [1.165, 1.54) is 12.1 Å². The molecule has 0 aliphatic heterocycles. The molecule has 3 rings (SSSR count). The lowest BCUT2D eigenvalue weighted by molar-refractivity contribution is 0.102. The Hall–Kier alpha value is -3.25. The second kappa shape index (κ2) is 9.30. The minimum atomic E-state index is -0.363. The average molecular weight is 394 g/mol. The minimum absolute atomic E-state index is 0.0645. The molecule has 0 saturated carbocycles. The lowest BCUT2D eigenvalue weighted by Crippen LogP contribution is -2.16. The molecule has 3 aromatic rings. The molecular formula is C23H23FN2O3. The number of aryl methyl sites for hydroxylation is 1. The lowest BCUT2D eigenvalue weighted by Gasteiger charge is -2.12. The number of anilines is 1. The maximum absolute atomic E-state index is 13.2. The van der Waals surface area contributed by atoms with Crippen molar-refractivity contribution < 1.29 is 18.7 Å². The molecule has 1 heterocycles. The number of hydrogen-bond donors (Lipinski definition) is 1. The Balaban J connectivity index is 1.64. The highest BCUT2D eigenvalue weighted by molar-refractivity contribution is 6.05. The molecule has 1 aromatic heterocycles. The Kier molecular flexibility index (Phi) is 6.57. The van der Waals surface area contributed by atoms with E-state index in [1.807, 2.05) is 19.9 Å². The molecule has 2 aromatic carbocycles. The average Bonchev–Trinajstić information content (AvgIpc) is 2.69. The van der Waals surface area contributed by atoms with Gasteiger partial charge in [-0.05, 0) is 62.4 Å². The number of carbonyl (C=O) groups is 1. The van der Waals surface area contributed by atoms with Crippen molar-refractivity contribution in [1.82, 2.24) is 4.98 Å². The molecule has 1 N–H and O–H groups in total. The standard InChI is InChI=1S/C23H23FN2O3/c1-15(28-3)13-19-9-12-22(16(2)25-19)23(27)26-18-7-10-20(11-8-18)29-21-6-4-5-17(24)14-21/h4-12,14-15H,13H2,1-3H3,(H,26,27). The van der Waals surface area contributed by atoms with E-state index >= 15 is 0 Å². The molecule has 1 atom stereocenters. The number of carbonyl (C=O) groups excluding carboxylic acids is 1. The summed E-state index contributed by atoms with van der Waals surface area (Å²) in [5, 5.41) is 2.85. The van der Waals surface area contributed by atoms with Crippen molar-refractivity contribution in [2.45, 2.75) is 26.4 Å². The van der Waals surface area contributed by atoms with Gasteiger partial charge >= 0.3 is 0 Å². The van der Waals surface area contributed by atoms with Crippen molar-refractivity contribution in [3.8, 4) is 11.5 Å². The Morgan fingerprint density at radius 1 is 1.10 bits per heavy atom. The van der Waals surface area contributed by atoms with Gasteiger partial charge in [0.1, 0.15) is 17.3 Å². The zero-order chi connectivity index (χ0) is 20.8. The smallest absolute Gasteiger partial charge is 0.257 e. The fourth-order valence-electron chi connectivity index (χ4n) is 2.82. The number of ether oxygens (including phenoxy) is 2. The summed E-state index contributed by atoms with van der Waals surface area (Å²) >= 11 is 0. The quantitative estimate of drug-likeness (QED) is 0.602. The molecule has 150 valence electrons. The number of rotatable bonds is 7. The van der Waals surface area contributed by atoms with Gasteiger partial charge in [-0.15, -0.1) is 0 Å². The normalized spacial score (nSPS) is 11.7. The summed E-state index contributed by atoms with van der Waals surface area (Å²) in [6.45, 7) is 3.78. The molecule has 0 spiro atoms. The molecular weight excluding hydrogens is 371 g/mol. The van der Waals surface area contributed by atoms with Crippen molar-refractivity contribution in [1.29, 1.82) is 0 Å². The van der Waals surface area contributed by atoms with Crippen molar-refractivity contribution in [2.24, 2.45) is 0 Å². The summed E-state index contributed by atoms with van der Waals surface area (Å²) in [6.07, 6.45) is 0.751. The fraction of sp³-hybridized carbons (Fsp3) is 0.217. The SMILES string of the molecule is COC(C)Cc1ccc(C(=O)Nc2ccc(Oc3cccc(F)c3)cc2)c(C)n1. The van der Waals surface area contributed by atoms with Crippen LogP contribution in [0.5, 0.6) is 11.5 Å². The van der Waals surface area contributed by atoms with E-state index in [-0.39, 0.29) is 17.8 Å². The maximum atomic E-state index is 13.2. The topological polar surface area (TPSA) is 60.5 Å². The molecule has 0 fully saturated rings. The highest BCUT2D eigenvalue weighted by Gasteiger charge is 2.12. The number of nitrogens with one attached hydrogen (secondary N) is 1. The third kappa shape index (κ3) is 5.62. The summed E-state index contributed by atoms with van der Waals surface area (Å²) in [6, 6.07) is 16.4. The van der Waals surface area contributed by atoms with Gasteiger partial charge in [0.2, 0.25) is 0 Å². The van der Waals surface area contributed by atoms with Crippen LogP contribution < -0.4 is 10.1 Å². The van der Waals surface area contributed by atoms with Gasteiger partial charge < -0.3 is 14.8 Å². The first-order chi connectivity index (χ1) is 13.9. The van der Waals surface area contributed by atoms with Crippen LogP contribution in [-0.4, -0.2) is 24.1 Å². The minimum Gasteiger partial charge on any atom is -0.457 e. The van der Waals surface area contributed by atoms with Gasteiger partial charge in [-0.1, -0.05) is 6.07 Å². The van der Waals surface area contributed by atoms with E-state index in [9.17, 15) is 9.18 Å². The zero-order valence-electron chi connectivity index (χ0n) is 16.6. The molecule has 1 amide bonds. The van der Waals surface area contributed by atoms with Crippen LogP contribution in [0.25, 0.3) is 0 Å². The number of hydrogen-bond acceptors (Lipinski definition) is 4. The van der Waals surface area contributed by atoms with Crippen LogP contribution in [0.3, 0.4) is 0 Å². The Labute approximate surface area is 169 Å². The number of aromatic nitrogens is 1. The number of amides is 1. The second-order valence-corrected chi connectivity index (χ2v) is 6.72. The van der Waals surface area contributed by atoms with Gasteiger partial charge in [-0.2, -0.15) is 0 Å². The summed E-state index contributed by atoms with van der Waals surface area (Å²) in [5.74, 6) is 0.354. The van der Waals surface area contributed by atoms with Gasteiger partial charge in [-0.3, -0.25) is 9.78 Å². The van der Waals surface area contributed by atoms with E-state index in [0.29, 0.717) is 34.9 Å². The van der Waals surface area contributed by atoms with Gasteiger partial charge in [0.15, 0.2) is 0 Å². The van der Waals surface area contributed by atoms with E-state index in [2.05, 4.69) is 10.3 Å². The van der Waals surface area contributed by atoms with Crippen LogP contribution in [0.1, 0.15) is 28.7 Å². The van der Waals surface area contributed by atoms with Crippen molar-refractivity contribution in [3.63, 3.8) is 0 Å². The van der Waals surface area contributed by atoms with Gasteiger partial charge in [0.05, 0.1) is 17.4 Å². The highest BCUT2D eigenvalue weighted by Crippen LogP contribution is 2.24. The molecule has 5 nitrogen and oxygen atoms in total. The van der Waals surface area contributed by atoms with Crippen LogP contribution in [-0.2, 0) is 11.2 Å². The number of nitrogens with zero attached hydrogens (tertiary/aromatic N) is 1. The van der Waals surface area contributed by atoms with Gasteiger partial charge in [0, 0.05) is 31.0 Å². The molecule has 6 heteroatoms. The van der Waals surface area contributed by atoms with E-state index in [1.54, 1.807) is 49.6 Å². The first-order valence-corrected chi connectivity index (χ1v) is 9.29. The van der Waals surface area contributed by atoms with Crippen molar-refractivity contribution in [3.05, 3.63) is 83.4 Å². The van der Waals surface area contributed by atoms with Crippen molar-refractivity contribution >= 4 is 11.6 Å². The van der Waals surface area contributed by atoms with Gasteiger partial charge in [0.25, 0.3) is 5.91 Å². The fourth-order valence-corrected chi connectivity index (χ4v) is 2.82. The molecule has 0 aliphatic carbocycles. The summed E-state index contributed by atoms with van der Waals surface area (Å²) in [7, 11) is 1.66. The number of benzene rings is 2. The molecule has 0 bridgehead atoms. The number of pyridine rings is 1. The number of halogens is 1. The third-order valence-corrected chi connectivity index (χ3v) is 4.43. The Bertz CT molecular complexity index is 990. The van der Waals surface area contributed by atoms with Crippen LogP contribution in [0.15, 0.2) is 60.7 Å².